The minimum atomic E-state index is -1.82. The Morgan fingerprint density at radius 3 is 1.79 bits per heavy atom. The van der Waals surface area contributed by atoms with Gasteiger partial charge in [-0.1, -0.05) is 53.2 Å². The van der Waals surface area contributed by atoms with Crippen molar-refractivity contribution >= 4 is 5.97 Å². The Morgan fingerprint density at radius 1 is 0.627 bits per heavy atom. The van der Waals surface area contributed by atoms with E-state index in [9.17, 15) is 66.1 Å². The van der Waals surface area contributed by atoms with E-state index in [4.69, 9.17) is 28.4 Å². The lowest BCUT2D eigenvalue weighted by Crippen LogP contribution is -2.67. The molecule has 5 aliphatic carbocycles. The molecule has 0 aromatic carbocycles. The maximum absolute atomic E-state index is 15.0. The highest BCUT2D eigenvalue weighted by atomic mass is 16.7. The second-order valence-corrected chi connectivity index (χ2v) is 23.3. The first-order valence-corrected chi connectivity index (χ1v) is 24.5. The number of aliphatic hydroxyl groups excluding tert-OH is 12. The minimum absolute atomic E-state index is 0.00115. The molecule has 24 atom stereocenters. The van der Waals surface area contributed by atoms with Gasteiger partial charge in [0, 0.05) is 5.41 Å². The van der Waals surface area contributed by atoms with E-state index in [0.717, 1.165) is 32.1 Å². The average Bonchev–Trinajstić information content (AvgIpc) is 3.29. The molecule has 0 aromatic heterocycles. The predicted molar refractivity (Wildman–Crippen MR) is 232 cm³/mol. The summed E-state index contributed by atoms with van der Waals surface area (Å²) in [5, 5.41) is 126. The number of esters is 1. The third-order valence-corrected chi connectivity index (χ3v) is 19.4. The number of fused-ring (bicyclic) bond motifs is 7. The standard InChI is InChI=1S/C48H78O19/c1-43(2)13-15-48(42(61)67-41-38(60)35(57)32(54)26(65-41)20-62-39-36(58)33(55)30(52)24(18-49)63-39)16-14-46(5)22(23(48)17-43)7-8-28-44(3)11-10-29(45(4,21-51)27(44)9-12-47(28,46)6)66-40-37(59)34(56)31(53)25(19-50)64-40/h7,23-41,49-60H,8-21H2,1-6H3/t23-,24+,25+,26+,27+,28+,29-,30+,31+,32+,33-,34-,35-,36+,37+,38+,39+,40-,41-,44-,45-,46+,47+,48-/m0/s1. The lowest BCUT2D eigenvalue weighted by Gasteiger charge is -2.71. The van der Waals surface area contributed by atoms with Crippen LogP contribution < -0.4 is 0 Å². The van der Waals surface area contributed by atoms with Crippen LogP contribution in [0.3, 0.4) is 0 Å². The van der Waals surface area contributed by atoms with Crippen LogP contribution in [-0.2, 0) is 33.2 Å². The fourth-order valence-corrected chi connectivity index (χ4v) is 15.0. The molecule has 0 bridgehead atoms. The lowest BCUT2D eigenvalue weighted by atomic mass is 9.33. The van der Waals surface area contributed by atoms with Gasteiger partial charge in [-0.3, -0.25) is 4.79 Å². The van der Waals surface area contributed by atoms with Gasteiger partial charge in [0.05, 0.1) is 37.9 Å². The van der Waals surface area contributed by atoms with Gasteiger partial charge in [-0.25, -0.2) is 0 Å². The maximum atomic E-state index is 15.0. The molecule has 3 aliphatic heterocycles. The Balaban J connectivity index is 1.02. The van der Waals surface area contributed by atoms with E-state index in [0.29, 0.717) is 32.1 Å². The number of carbonyl (C=O) groups is 1. The molecule has 3 saturated heterocycles. The number of allylic oxidation sites excluding steroid dienone is 2. The molecular formula is C48H78O19. The van der Waals surface area contributed by atoms with E-state index in [1.165, 1.54) is 5.57 Å². The Hall–Kier alpha value is -1.47. The predicted octanol–water partition coefficient (Wildman–Crippen LogP) is -0.887. The quantitative estimate of drug-likeness (QED) is 0.0718. The summed E-state index contributed by atoms with van der Waals surface area (Å²) in [6.07, 6.45) is -14.9. The van der Waals surface area contributed by atoms with Crippen molar-refractivity contribution in [2.45, 2.75) is 204 Å². The van der Waals surface area contributed by atoms with Crippen LogP contribution in [0.5, 0.6) is 0 Å². The zero-order valence-electron chi connectivity index (χ0n) is 39.7. The number of aliphatic hydroxyl groups is 12. The lowest BCUT2D eigenvalue weighted by molar-refractivity contribution is -0.333. The Labute approximate surface area is 392 Å². The molecule has 0 aromatic rings. The van der Waals surface area contributed by atoms with Crippen molar-refractivity contribution in [3.63, 3.8) is 0 Å². The Morgan fingerprint density at radius 2 is 1.18 bits per heavy atom. The molecular weight excluding hydrogens is 881 g/mol. The van der Waals surface area contributed by atoms with Crippen molar-refractivity contribution in [3.05, 3.63) is 11.6 Å². The van der Waals surface area contributed by atoms with Gasteiger partial charge < -0.3 is 89.7 Å². The normalized spacial score (nSPS) is 54.1. The molecule has 0 unspecified atom stereocenters. The van der Waals surface area contributed by atoms with Gasteiger partial charge in [0.2, 0.25) is 6.29 Å². The summed E-state index contributed by atoms with van der Waals surface area (Å²) in [5.41, 5.74) is -1.47. The summed E-state index contributed by atoms with van der Waals surface area (Å²) < 4.78 is 35.3. The van der Waals surface area contributed by atoms with Crippen molar-refractivity contribution in [1.82, 2.24) is 0 Å². The van der Waals surface area contributed by atoms with Crippen LogP contribution in [0.2, 0.25) is 0 Å². The zero-order valence-corrected chi connectivity index (χ0v) is 39.7. The van der Waals surface area contributed by atoms with E-state index in [-0.39, 0.29) is 46.0 Å². The fraction of sp³-hybridized carbons (Fsp3) is 0.938. The summed E-state index contributed by atoms with van der Waals surface area (Å²) >= 11 is 0. The van der Waals surface area contributed by atoms with Crippen LogP contribution in [0.15, 0.2) is 11.6 Å². The van der Waals surface area contributed by atoms with Gasteiger partial charge in [0.1, 0.15) is 73.2 Å². The van der Waals surface area contributed by atoms with Gasteiger partial charge in [-0.05, 0) is 104 Å². The summed E-state index contributed by atoms with van der Waals surface area (Å²) in [7, 11) is 0. The van der Waals surface area contributed by atoms with Crippen LogP contribution in [0.4, 0.5) is 0 Å². The van der Waals surface area contributed by atoms with Gasteiger partial charge in [0.25, 0.3) is 0 Å². The highest BCUT2D eigenvalue weighted by Crippen LogP contribution is 2.76. The molecule has 0 radical (unpaired) electrons. The van der Waals surface area contributed by atoms with E-state index >= 15 is 0 Å². The van der Waals surface area contributed by atoms with Gasteiger partial charge in [-0.15, -0.1) is 0 Å². The highest BCUT2D eigenvalue weighted by Gasteiger charge is 2.70. The summed E-state index contributed by atoms with van der Waals surface area (Å²) in [6.45, 7) is 11.5. The van der Waals surface area contributed by atoms with E-state index in [1.807, 2.05) is 6.92 Å². The van der Waals surface area contributed by atoms with Crippen LogP contribution in [0.1, 0.15) is 106 Å². The fourth-order valence-electron chi connectivity index (χ4n) is 15.0. The van der Waals surface area contributed by atoms with Crippen LogP contribution >= 0.6 is 0 Å². The van der Waals surface area contributed by atoms with Crippen LogP contribution in [-0.4, -0.2) is 192 Å². The minimum Gasteiger partial charge on any atom is -0.432 e. The first-order valence-electron chi connectivity index (χ1n) is 24.5. The topological polar surface area (TPSA) is 315 Å². The van der Waals surface area contributed by atoms with E-state index < -0.39 is 135 Å². The van der Waals surface area contributed by atoms with Crippen LogP contribution in [0, 0.1) is 50.2 Å². The molecule has 8 aliphatic rings. The number of hydrogen-bond donors (Lipinski definition) is 12. The number of carbonyl (C=O) groups excluding carboxylic acids is 1. The SMILES string of the molecule is CC1(C)CC[C@]2(C(=O)O[C@@H]3O[C@H](CO[C@@H]4O[C@H](CO)[C@@H](O)[C@H](O)[C@H]4O)[C@@H](O)[C@H](O)[C@H]3O)CC[C@]3(C)C(=CC[C@@H]4[C@@]5(C)CC[C@H](O[C@@H]6O[C@H](CO)[C@@H](O)[C@H](O)[C@H]6O)[C@@](C)(CO)[C@@H]5CC[C@]43C)[C@@H]2C1. The molecule has 384 valence electrons. The molecule has 4 saturated carbocycles. The van der Waals surface area contributed by atoms with Gasteiger partial charge >= 0.3 is 5.97 Å². The van der Waals surface area contributed by atoms with Gasteiger partial charge in [0.15, 0.2) is 12.6 Å². The Kier molecular flexibility index (Phi) is 14.4. The van der Waals surface area contributed by atoms with Gasteiger partial charge in [-0.2, -0.15) is 0 Å². The van der Waals surface area contributed by atoms with Crippen molar-refractivity contribution in [3.8, 4) is 0 Å². The number of hydrogen-bond acceptors (Lipinski definition) is 19. The second-order valence-electron chi connectivity index (χ2n) is 23.3. The average molecular weight is 959 g/mol. The first-order chi connectivity index (χ1) is 31.4. The third kappa shape index (κ3) is 8.19. The highest BCUT2D eigenvalue weighted by molar-refractivity contribution is 5.79. The smallest absolute Gasteiger partial charge is 0.315 e. The summed E-state index contributed by atoms with van der Waals surface area (Å²) in [5.74, 6) is -0.614. The number of ether oxygens (including phenoxy) is 6. The first kappa shape index (κ1) is 51.9. The Bertz CT molecular complexity index is 1810. The molecule has 19 heteroatoms. The molecule has 7 fully saturated rings. The second kappa shape index (κ2) is 18.5. The van der Waals surface area contributed by atoms with Crippen molar-refractivity contribution < 1.29 is 94.5 Å². The molecule has 67 heavy (non-hydrogen) atoms. The zero-order chi connectivity index (χ0) is 49.0. The summed E-state index contributed by atoms with van der Waals surface area (Å²) in [6, 6.07) is 0. The molecule has 3 heterocycles. The van der Waals surface area contributed by atoms with Crippen molar-refractivity contribution in [1.29, 1.82) is 0 Å². The molecule has 19 nitrogen and oxygen atoms in total. The summed E-state index contributed by atoms with van der Waals surface area (Å²) in [4.78, 5) is 15.0. The molecule has 12 N–H and O–H groups in total. The van der Waals surface area contributed by atoms with E-state index in [1.54, 1.807) is 0 Å². The molecule has 0 amide bonds. The monoisotopic (exact) mass is 959 g/mol. The van der Waals surface area contributed by atoms with E-state index in [2.05, 4.69) is 40.7 Å². The third-order valence-electron chi connectivity index (χ3n) is 19.4. The molecule has 8 rings (SSSR count). The number of rotatable bonds is 10. The largest absolute Gasteiger partial charge is 0.432 e. The van der Waals surface area contributed by atoms with Crippen LogP contribution in [0.25, 0.3) is 0 Å². The van der Waals surface area contributed by atoms with Crippen molar-refractivity contribution in [2.24, 2.45) is 50.2 Å². The van der Waals surface area contributed by atoms with Crippen molar-refractivity contribution in [2.75, 3.05) is 26.4 Å². The maximum Gasteiger partial charge on any atom is 0.315 e. The molecule has 0 spiro atoms.